The predicted octanol–water partition coefficient (Wildman–Crippen LogP) is 3.28. The molecule has 1 saturated heterocycles. The van der Waals surface area contributed by atoms with Crippen molar-refractivity contribution in [2.24, 2.45) is 0 Å². The second kappa shape index (κ2) is 8.93. The lowest BCUT2D eigenvalue weighted by molar-refractivity contribution is -0.117. The molecule has 0 radical (unpaired) electrons. The van der Waals surface area contributed by atoms with Crippen LogP contribution in [0, 0.1) is 0 Å². The Morgan fingerprint density at radius 3 is 2.87 bits per heavy atom. The molecule has 30 heavy (non-hydrogen) atoms. The van der Waals surface area contributed by atoms with Crippen LogP contribution in [0.15, 0.2) is 18.2 Å². The smallest absolute Gasteiger partial charge is 0.254 e. The Kier molecular flexibility index (Phi) is 6.29. The number of phenolic OH excluding ortho intramolecular Hbond substituents is 1. The molecule has 0 saturated carbocycles. The third-order valence-electron chi connectivity index (χ3n) is 5.56. The van der Waals surface area contributed by atoms with Gasteiger partial charge < -0.3 is 15.7 Å². The first-order chi connectivity index (χ1) is 14.5. The van der Waals surface area contributed by atoms with Crippen LogP contribution in [0.4, 0.5) is 5.00 Å². The molecule has 1 aliphatic heterocycles. The molecular weight excluding hydrogens is 424 g/mol. The van der Waals surface area contributed by atoms with E-state index in [1.165, 1.54) is 16.2 Å². The topological polar surface area (TPSA) is 102 Å². The van der Waals surface area contributed by atoms with Gasteiger partial charge in [0.05, 0.1) is 11.6 Å². The lowest BCUT2D eigenvalue weighted by atomic mass is 9.95. The fourth-order valence-electron chi connectivity index (χ4n) is 4.08. The molecule has 2 aliphatic rings. The molecule has 2 unspecified atom stereocenters. The third-order valence-corrected chi connectivity index (χ3v) is 7.00. The van der Waals surface area contributed by atoms with Gasteiger partial charge in [-0.3, -0.25) is 9.59 Å². The van der Waals surface area contributed by atoms with E-state index in [4.69, 9.17) is 11.6 Å². The zero-order valence-corrected chi connectivity index (χ0v) is 18.3. The van der Waals surface area contributed by atoms with E-state index < -0.39 is 6.04 Å². The summed E-state index contributed by atoms with van der Waals surface area (Å²) < 4.78 is 0. The van der Waals surface area contributed by atoms with Crippen molar-refractivity contribution in [1.29, 1.82) is 0 Å². The maximum absolute atomic E-state index is 13.0. The molecule has 2 heterocycles. The van der Waals surface area contributed by atoms with Crippen LogP contribution in [-0.4, -0.2) is 29.5 Å². The number of amides is 2. The van der Waals surface area contributed by atoms with Crippen molar-refractivity contribution < 1.29 is 14.7 Å². The number of hydrazine groups is 1. The summed E-state index contributed by atoms with van der Waals surface area (Å²) in [5.74, 6) is -0.216. The Balaban J connectivity index is 1.51. The second-order valence-electron chi connectivity index (χ2n) is 7.60. The summed E-state index contributed by atoms with van der Waals surface area (Å²) >= 11 is 7.56. The average Bonchev–Trinajstić information content (AvgIpc) is 3.34. The van der Waals surface area contributed by atoms with Gasteiger partial charge in [-0.25, -0.2) is 10.9 Å². The summed E-state index contributed by atoms with van der Waals surface area (Å²) in [6.07, 6.45) is 4.42. The van der Waals surface area contributed by atoms with Gasteiger partial charge in [0.25, 0.3) is 5.91 Å². The Morgan fingerprint density at radius 2 is 2.07 bits per heavy atom. The number of carbonyl (C=O) groups is 2. The molecule has 1 aliphatic carbocycles. The highest BCUT2D eigenvalue weighted by Crippen LogP contribution is 2.38. The van der Waals surface area contributed by atoms with Gasteiger partial charge in [0.15, 0.2) is 0 Å². The van der Waals surface area contributed by atoms with Gasteiger partial charge in [-0.15, -0.1) is 11.3 Å². The van der Waals surface area contributed by atoms with Gasteiger partial charge in [-0.05, 0) is 62.8 Å². The van der Waals surface area contributed by atoms with Gasteiger partial charge in [0.1, 0.15) is 16.8 Å². The minimum absolute atomic E-state index is 0.129. The van der Waals surface area contributed by atoms with E-state index in [9.17, 15) is 14.7 Å². The molecule has 7 nitrogen and oxygen atoms in total. The molecule has 0 spiro atoms. The van der Waals surface area contributed by atoms with Crippen molar-refractivity contribution in [2.75, 3.05) is 11.9 Å². The van der Waals surface area contributed by atoms with Gasteiger partial charge in [-0.1, -0.05) is 11.6 Å². The molecule has 0 bridgehead atoms. The number of benzene rings is 1. The normalized spacial score (nSPS) is 20.6. The summed E-state index contributed by atoms with van der Waals surface area (Å²) in [7, 11) is 0. The zero-order chi connectivity index (χ0) is 21.3. The quantitative estimate of drug-likeness (QED) is 0.483. The summed E-state index contributed by atoms with van der Waals surface area (Å²) in [6, 6.07) is 4.10. The Hall–Kier alpha value is -2.13. The number of hydrogen-bond acceptors (Lipinski definition) is 6. The highest BCUT2D eigenvalue weighted by Gasteiger charge is 2.33. The molecular formula is C21H25ClN4O3S. The largest absolute Gasteiger partial charge is 0.508 e. The SMILES string of the molecule is CCNC(=O)c1c(NC(=O)C2CC(c3cc(Cl)ccc3O)NN2)sc2c1CCCC2. The van der Waals surface area contributed by atoms with Crippen LogP contribution in [0.3, 0.4) is 0 Å². The maximum Gasteiger partial charge on any atom is 0.254 e. The van der Waals surface area contributed by atoms with Crippen molar-refractivity contribution in [3.63, 3.8) is 0 Å². The molecule has 1 aromatic carbocycles. The number of aryl methyl sites for hydroxylation is 1. The lowest BCUT2D eigenvalue weighted by Gasteiger charge is -2.14. The van der Waals surface area contributed by atoms with E-state index in [0.717, 1.165) is 31.2 Å². The molecule has 5 N–H and O–H groups in total. The van der Waals surface area contributed by atoms with Gasteiger partial charge in [0.2, 0.25) is 5.91 Å². The first-order valence-electron chi connectivity index (χ1n) is 10.2. The predicted molar refractivity (Wildman–Crippen MR) is 118 cm³/mol. The third kappa shape index (κ3) is 4.18. The Bertz CT molecular complexity index is 977. The van der Waals surface area contributed by atoms with Crippen LogP contribution in [0.1, 0.15) is 58.6 Å². The van der Waals surface area contributed by atoms with Crippen molar-refractivity contribution >= 4 is 39.8 Å². The van der Waals surface area contributed by atoms with Crippen molar-refractivity contribution in [1.82, 2.24) is 16.2 Å². The van der Waals surface area contributed by atoms with E-state index in [0.29, 0.717) is 34.1 Å². The van der Waals surface area contributed by atoms with Gasteiger partial charge in [-0.2, -0.15) is 0 Å². The Labute approximate surface area is 184 Å². The number of halogens is 1. The van der Waals surface area contributed by atoms with E-state index in [2.05, 4.69) is 21.5 Å². The number of carbonyl (C=O) groups excluding carboxylic acids is 2. The van der Waals surface area contributed by atoms with Crippen LogP contribution in [0.2, 0.25) is 5.02 Å². The first-order valence-corrected chi connectivity index (χ1v) is 11.4. The minimum atomic E-state index is -0.505. The molecule has 4 rings (SSSR count). The number of rotatable bonds is 5. The van der Waals surface area contributed by atoms with E-state index in [-0.39, 0.29) is 23.6 Å². The molecule has 9 heteroatoms. The number of fused-ring (bicyclic) bond motifs is 1. The molecule has 1 fully saturated rings. The Morgan fingerprint density at radius 1 is 1.27 bits per heavy atom. The molecule has 2 aromatic rings. The average molecular weight is 449 g/mol. The number of aromatic hydroxyl groups is 1. The first kappa shape index (κ1) is 21.1. The standard InChI is InChI=1S/C21H25ClN4O3S/c1-2-23-20(29)18-12-5-3-4-6-17(12)30-21(18)24-19(28)15-10-14(25-26-15)13-9-11(22)7-8-16(13)27/h7-9,14-15,25-27H,2-6,10H2,1H3,(H,23,29)(H,24,28). The van der Waals surface area contributed by atoms with Crippen LogP contribution in [0.5, 0.6) is 5.75 Å². The number of nitrogens with one attached hydrogen (secondary N) is 4. The lowest BCUT2D eigenvalue weighted by Crippen LogP contribution is -2.39. The van der Waals surface area contributed by atoms with E-state index in [1.807, 2.05) is 6.92 Å². The van der Waals surface area contributed by atoms with E-state index >= 15 is 0 Å². The second-order valence-corrected chi connectivity index (χ2v) is 9.14. The molecule has 2 amide bonds. The monoisotopic (exact) mass is 448 g/mol. The summed E-state index contributed by atoms with van der Waals surface area (Å²) in [5.41, 5.74) is 8.38. The number of thiophene rings is 1. The van der Waals surface area contributed by atoms with Gasteiger partial charge in [0, 0.05) is 22.0 Å². The minimum Gasteiger partial charge on any atom is -0.508 e. The summed E-state index contributed by atoms with van der Waals surface area (Å²) in [4.78, 5) is 26.8. The van der Waals surface area contributed by atoms with Crippen molar-refractivity contribution in [3.8, 4) is 5.75 Å². The molecule has 160 valence electrons. The molecule has 1 aromatic heterocycles. The fourth-order valence-corrected chi connectivity index (χ4v) is 5.55. The zero-order valence-electron chi connectivity index (χ0n) is 16.7. The van der Waals surface area contributed by atoms with Crippen LogP contribution < -0.4 is 21.5 Å². The van der Waals surface area contributed by atoms with E-state index in [1.54, 1.807) is 18.2 Å². The van der Waals surface area contributed by atoms with Crippen molar-refractivity contribution in [3.05, 3.63) is 44.8 Å². The van der Waals surface area contributed by atoms with Crippen molar-refractivity contribution in [2.45, 2.75) is 51.1 Å². The molecule has 2 atom stereocenters. The summed E-state index contributed by atoms with van der Waals surface area (Å²) in [5, 5.41) is 17.1. The van der Waals surface area contributed by atoms with Crippen LogP contribution in [-0.2, 0) is 17.6 Å². The number of hydrogen-bond donors (Lipinski definition) is 5. The number of phenols is 1. The highest BCUT2D eigenvalue weighted by atomic mass is 35.5. The maximum atomic E-state index is 13.0. The van der Waals surface area contributed by atoms with Crippen LogP contribution >= 0.6 is 22.9 Å². The fraction of sp³-hybridized carbons (Fsp3) is 0.429. The highest BCUT2D eigenvalue weighted by molar-refractivity contribution is 7.17. The number of anilines is 1. The van der Waals surface area contributed by atoms with Crippen LogP contribution in [0.25, 0.3) is 0 Å². The van der Waals surface area contributed by atoms with Gasteiger partial charge >= 0.3 is 0 Å². The summed E-state index contributed by atoms with van der Waals surface area (Å²) in [6.45, 7) is 2.42.